The molecule has 6 heteroatoms. The van der Waals surface area contributed by atoms with E-state index in [1.807, 2.05) is 42.5 Å². The van der Waals surface area contributed by atoms with Gasteiger partial charge in [-0.2, -0.15) is 0 Å². The quantitative estimate of drug-likeness (QED) is 0.400. The number of pyridine rings is 1. The molecular formula is C25H25FN4O. The Hall–Kier alpha value is -3.12. The molecule has 2 heterocycles. The van der Waals surface area contributed by atoms with Crippen molar-refractivity contribution in [3.8, 4) is 11.5 Å². The average Bonchev–Trinajstić information content (AvgIpc) is 3.28. The molecule has 0 unspecified atom stereocenters. The van der Waals surface area contributed by atoms with Crippen LogP contribution in [0.25, 0.3) is 22.4 Å². The van der Waals surface area contributed by atoms with Crippen molar-refractivity contribution in [2.24, 2.45) is 0 Å². The fourth-order valence-corrected chi connectivity index (χ4v) is 4.38. The van der Waals surface area contributed by atoms with Crippen molar-refractivity contribution < 1.29 is 8.81 Å². The summed E-state index contributed by atoms with van der Waals surface area (Å²) in [5, 5.41) is 9.37. The van der Waals surface area contributed by atoms with Gasteiger partial charge in [0, 0.05) is 23.5 Å². The average molecular weight is 417 g/mol. The van der Waals surface area contributed by atoms with Crippen LogP contribution < -0.4 is 0 Å². The monoisotopic (exact) mass is 416 g/mol. The number of rotatable bonds is 6. The number of fused-ring (bicyclic) bond motifs is 1. The van der Waals surface area contributed by atoms with Gasteiger partial charge in [-0.05, 0) is 49.2 Å². The van der Waals surface area contributed by atoms with E-state index in [4.69, 9.17) is 9.40 Å². The molecule has 2 aromatic carbocycles. The number of aromatic nitrogens is 3. The highest BCUT2D eigenvalue weighted by molar-refractivity contribution is 5.78. The molecule has 0 saturated heterocycles. The molecule has 5 nitrogen and oxygen atoms in total. The molecule has 2 aromatic heterocycles. The highest BCUT2D eigenvalue weighted by Gasteiger charge is 2.24. The van der Waals surface area contributed by atoms with Crippen LogP contribution >= 0.6 is 0 Å². The van der Waals surface area contributed by atoms with Crippen molar-refractivity contribution >= 4 is 10.9 Å². The molecule has 4 aromatic rings. The van der Waals surface area contributed by atoms with E-state index < -0.39 is 0 Å². The SMILES string of the molecule is Fc1ccc2nc(CN(Cc3nnc(-c4ccccc4)o3)C3CCCCC3)ccc2c1. The van der Waals surface area contributed by atoms with Crippen molar-refractivity contribution in [1.29, 1.82) is 0 Å². The molecule has 0 spiro atoms. The summed E-state index contributed by atoms with van der Waals surface area (Å²) >= 11 is 0. The first-order valence-corrected chi connectivity index (χ1v) is 10.9. The van der Waals surface area contributed by atoms with Crippen molar-refractivity contribution in [1.82, 2.24) is 20.1 Å². The van der Waals surface area contributed by atoms with Crippen LogP contribution in [-0.4, -0.2) is 26.1 Å². The van der Waals surface area contributed by atoms with E-state index in [0.29, 0.717) is 30.9 Å². The normalized spacial score (nSPS) is 15.0. The molecule has 0 N–H and O–H groups in total. The summed E-state index contributed by atoms with van der Waals surface area (Å²) in [6.07, 6.45) is 6.11. The zero-order valence-electron chi connectivity index (χ0n) is 17.4. The van der Waals surface area contributed by atoms with E-state index in [-0.39, 0.29) is 5.82 Å². The Labute approximate surface area is 180 Å². The fourth-order valence-electron chi connectivity index (χ4n) is 4.38. The van der Waals surface area contributed by atoms with Crippen LogP contribution in [0.1, 0.15) is 43.7 Å². The lowest BCUT2D eigenvalue weighted by Gasteiger charge is -2.33. The molecule has 0 radical (unpaired) electrons. The summed E-state index contributed by atoms with van der Waals surface area (Å²) in [7, 11) is 0. The first-order chi connectivity index (χ1) is 15.2. The number of benzene rings is 2. The second-order valence-corrected chi connectivity index (χ2v) is 8.20. The molecular weight excluding hydrogens is 391 g/mol. The summed E-state index contributed by atoms with van der Waals surface area (Å²) in [4.78, 5) is 7.17. The van der Waals surface area contributed by atoms with E-state index in [1.54, 1.807) is 6.07 Å². The Kier molecular flexibility index (Phi) is 5.71. The molecule has 1 aliphatic carbocycles. The molecule has 0 atom stereocenters. The lowest BCUT2D eigenvalue weighted by Crippen LogP contribution is -2.36. The predicted molar refractivity (Wildman–Crippen MR) is 118 cm³/mol. The third-order valence-electron chi connectivity index (χ3n) is 5.99. The minimum Gasteiger partial charge on any atom is -0.419 e. The first kappa shape index (κ1) is 19.8. The van der Waals surface area contributed by atoms with Crippen LogP contribution in [0.15, 0.2) is 65.1 Å². The van der Waals surface area contributed by atoms with Crippen LogP contribution in [0.5, 0.6) is 0 Å². The van der Waals surface area contributed by atoms with Gasteiger partial charge in [-0.15, -0.1) is 10.2 Å². The lowest BCUT2D eigenvalue weighted by molar-refractivity contribution is 0.126. The van der Waals surface area contributed by atoms with Gasteiger partial charge in [0.2, 0.25) is 11.8 Å². The van der Waals surface area contributed by atoms with Gasteiger partial charge in [0.25, 0.3) is 0 Å². The van der Waals surface area contributed by atoms with E-state index >= 15 is 0 Å². The molecule has 1 fully saturated rings. The maximum atomic E-state index is 13.5. The van der Waals surface area contributed by atoms with E-state index in [1.165, 1.54) is 44.2 Å². The zero-order chi connectivity index (χ0) is 21.0. The molecule has 0 amide bonds. The summed E-state index contributed by atoms with van der Waals surface area (Å²) in [6.45, 7) is 1.29. The Morgan fingerprint density at radius 3 is 2.58 bits per heavy atom. The largest absolute Gasteiger partial charge is 0.419 e. The van der Waals surface area contributed by atoms with Gasteiger partial charge in [0.15, 0.2) is 0 Å². The second-order valence-electron chi connectivity index (χ2n) is 8.20. The molecule has 31 heavy (non-hydrogen) atoms. The van der Waals surface area contributed by atoms with Gasteiger partial charge in [-0.25, -0.2) is 4.39 Å². The maximum Gasteiger partial charge on any atom is 0.247 e. The molecule has 158 valence electrons. The Balaban J connectivity index is 1.38. The number of hydrogen-bond donors (Lipinski definition) is 0. The smallest absolute Gasteiger partial charge is 0.247 e. The van der Waals surface area contributed by atoms with Gasteiger partial charge in [-0.3, -0.25) is 9.88 Å². The molecule has 1 aliphatic rings. The summed E-state index contributed by atoms with van der Waals surface area (Å²) in [5.41, 5.74) is 2.70. The van der Waals surface area contributed by atoms with Gasteiger partial charge in [0.05, 0.1) is 17.8 Å². The van der Waals surface area contributed by atoms with Crippen molar-refractivity contribution in [3.05, 3.63) is 78.1 Å². The summed E-state index contributed by atoms with van der Waals surface area (Å²) in [6, 6.07) is 19.0. The maximum absolute atomic E-state index is 13.5. The Morgan fingerprint density at radius 2 is 1.74 bits per heavy atom. The number of hydrogen-bond acceptors (Lipinski definition) is 5. The molecule has 0 aliphatic heterocycles. The van der Waals surface area contributed by atoms with Crippen molar-refractivity contribution in [3.63, 3.8) is 0 Å². The van der Waals surface area contributed by atoms with Crippen LogP contribution in [0.4, 0.5) is 4.39 Å². The van der Waals surface area contributed by atoms with Gasteiger partial charge in [-0.1, -0.05) is 43.5 Å². The minimum absolute atomic E-state index is 0.239. The van der Waals surface area contributed by atoms with Crippen LogP contribution in [-0.2, 0) is 13.1 Å². The molecule has 0 bridgehead atoms. The molecule has 5 rings (SSSR count). The summed E-state index contributed by atoms with van der Waals surface area (Å²) in [5.74, 6) is 0.925. The van der Waals surface area contributed by atoms with Gasteiger partial charge >= 0.3 is 0 Å². The standard InChI is InChI=1S/C25H25FN4O/c26-20-12-14-23-19(15-20)11-13-21(27-23)16-30(22-9-5-2-6-10-22)17-24-28-29-25(31-24)18-7-3-1-4-8-18/h1,3-4,7-8,11-15,22H,2,5-6,9-10,16-17H2. The van der Waals surface area contributed by atoms with E-state index in [9.17, 15) is 4.39 Å². The van der Waals surface area contributed by atoms with E-state index in [0.717, 1.165) is 22.2 Å². The predicted octanol–water partition coefficient (Wildman–Crippen LogP) is 5.76. The summed E-state index contributed by atoms with van der Waals surface area (Å²) < 4.78 is 19.5. The van der Waals surface area contributed by atoms with Crippen molar-refractivity contribution in [2.45, 2.75) is 51.2 Å². The lowest BCUT2D eigenvalue weighted by atomic mass is 9.94. The fraction of sp³-hybridized carbons (Fsp3) is 0.320. The Morgan fingerprint density at radius 1 is 0.903 bits per heavy atom. The van der Waals surface area contributed by atoms with Crippen LogP contribution in [0.3, 0.4) is 0 Å². The third-order valence-corrected chi connectivity index (χ3v) is 5.99. The van der Waals surface area contributed by atoms with Crippen LogP contribution in [0.2, 0.25) is 0 Å². The Bertz CT molecular complexity index is 1150. The van der Waals surface area contributed by atoms with Crippen molar-refractivity contribution in [2.75, 3.05) is 0 Å². The van der Waals surface area contributed by atoms with Gasteiger partial charge < -0.3 is 4.42 Å². The zero-order valence-corrected chi connectivity index (χ0v) is 17.4. The highest BCUT2D eigenvalue weighted by Crippen LogP contribution is 2.26. The minimum atomic E-state index is -0.239. The van der Waals surface area contributed by atoms with Gasteiger partial charge in [0.1, 0.15) is 5.82 Å². The second kappa shape index (κ2) is 8.94. The first-order valence-electron chi connectivity index (χ1n) is 10.9. The van der Waals surface area contributed by atoms with E-state index in [2.05, 4.69) is 15.1 Å². The highest BCUT2D eigenvalue weighted by atomic mass is 19.1. The van der Waals surface area contributed by atoms with Crippen LogP contribution in [0, 0.1) is 5.82 Å². The molecule has 1 saturated carbocycles. The number of nitrogens with zero attached hydrogens (tertiary/aromatic N) is 4. The topological polar surface area (TPSA) is 55.1 Å². The third kappa shape index (κ3) is 4.64. The number of halogens is 1.